The van der Waals surface area contributed by atoms with Crippen LogP contribution in [-0.2, 0) is 4.74 Å². The molecule has 2 nitrogen and oxygen atoms in total. The van der Waals surface area contributed by atoms with Gasteiger partial charge in [-0.2, -0.15) is 0 Å². The van der Waals surface area contributed by atoms with Crippen molar-refractivity contribution in [2.24, 2.45) is 0 Å². The Hall–Kier alpha value is -0.500. The predicted octanol–water partition coefficient (Wildman–Crippen LogP) is 1.70. The van der Waals surface area contributed by atoms with Crippen molar-refractivity contribution in [3.63, 3.8) is 0 Å². The van der Waals surface area contributed by atoms with Crippen molar-refractivity contribution in [2.75, 3.05) is 6.61 Å². The van der Waals surface area contributed by atoms with Gasteiger partial charge in [0, 0.05) is 0 Å². The van der Waals surface area contributed by atoms with Gasteiger partial charge in [0.05, 0.1) is 19.0 Å². The van der Waals surface area contributed by atoms with Crippen molar-refractivity contribution in [1.29, 1.82) is 0 Å². The van der Waals surface area contributed by atoms with Crippen LogP contribution in [0.15, 0.2) is 12.8 Å². The minimum atomic E-state index is -0.159. The molecular weight excluding hydrogens is 128 g/mol. The summed E-state index contributed by atoms with van der Waals surface area (Å²) in [5.74, 6) is 0. The Morgan fingerprint density at radius 1 is 1.70 bits per heavy atom. The summed E-state index contributed by atoms with van der Waals surface area (Å²) in [7, 11) is 0. The van der Waals surface area contributed by atoms with E-state index < -0.39 is 0 Å². The van der Waals surface area contributed by atoms with E-state index in [1.807, 2.05) is 6.92 Å². The summed E-state index contributed by atoms with van der Waals surface area (Å²) >= 11 is 0. The van der Waals surface area contributed by atoms with Crippen molar-refractivity contribution in [3.8, 4) is 0 Å². The zero-order chi connectivity index (χ0) is 7.82. The standard InChI is InChI=1S/C8H16O2/c1-3-8(9)6-5-7-10-4-2/h4,8-9H,2-3,5-7H2,1H3. The van der Waals surface area contributed by atoms with Crippen LogP contribution in [0.4, 0.5) is 0 Å². The highest BCUT2D eigenvalue weighted by Gasteiger charge is 1.98. The molecule has 1 atom stereocenters. The van der Waals surface area contributed by atoms with E-state index >= 15 is 0 Å². The summed E-state index contributed by atoms with van der Waals surface area (Å²) in [4.78, 5) is 0. The van der Waals surface area contributed by atoms with Gasteiger partial charge in [-0.1, -0.05) is 13.5 Å². The van der Waals surface area contributed by atoms with E-state index in [2.05, 4.69) is 6.58 Å². The van der Waals surface area contributed by atoms with E-state index in [0.717, 1.165) is 19.3 Å². The summed E-state index contributed by atoms with van der Waals surface area (Å²) in [6.45, 7) is 6.05. The maximum absolute atomic E-state index is 9.08. The van der Waals surface area contributed by atoms with Gasteiger partial charge in [-0.3, -0.25) is 0 Å². The number of rotatable bonds is 6. The molecule has 0 aromatic rings. The van der Waals surface area contributed by atoms with E-state index in [1.54, 1.807) is 0 Å². The fourth-order valence-electron chi connectivity index (χ4n) is 0.690. The molecule has 1 N–H and O–H groups in total. The van der Waals surface area contributed by atoms with Gasteiger partial charge >= 0.3 is 0 Å². The Bertz CT molecular complexity index is 81.3. The number of hydrogen-bond acceptors (Lipinski definition) is 2. The van der Waals surface area contributed by atoms with Gasteiger partial charge in [-0.05, 0) is 19.3 Å². The van der Waals surface area contributed by atoms with Crippen LogP contribution in [0, 0.1) is 0 Å². The van der Waals surface area contributed by atoms with E-state index in [4.69, 9.17) is 9.84 Å². The van der Waals surface area contributed by atoms with Crippen molar-refractivity contribution < 1.29 is 9.84 Å². The molecular formula is C8H16O2. The molecule has 0 aliphatic rings. The fraction of sp³-hybridized carbons (Fsp3) is 0.750. The Morgan fingerprint density at radius 3 is 2.90 bits per heavy atom. The summed E-state index contributed by atoms with van der Waals surface area (Å²) < 4.78 is 4.88. The summed E-state index contributed by atoms with van der Waals surface area (Å²) in [5.41, 5.74) is 0. The van der Waals surface area contributed by atoms with Gasteiger partial charge in [0.2, 0.25) is 0 Å². The van der Waals surface area contributed by atoms with Crippen LogP contribution < -0.4 is 0 Å². The van der Waals surface area contributed by atoms with Gasteiger partial charge in [-0.25, -0.2) is 0 Å². The first-order chi connectivity index (χ1) is 4.81. The second-order valence-electron chi connectivity index (χ2n) is 2.24. The molecule has 0 saturated heterocycles. The minimum absolute atomic E-state index is 0.159. The van der Waals surface area contributed by atoms with Gasteiger partial charge in [0.1, 0.15) is 0 Å². The summed E-state index contributed by atoms with van der Waals surface area (Å²) in [6.07, 6.45) is 3.83. The normalized spacial score (nSPS) is 12.6. The van der Waals surface area contributed by atoms with Crippen LogP contribution in [-0.4, -0.2) is 17.8 Å². The van der Waals surface area contributed by atoms with Gasteiger partial charge < -0.3 is 9.84 Å². The maximum Gasteiger partial charge on any atom is 0.0873 e. The smallest absolute Gasteiger partial charge is 0.0873 e. The van der Waals surface area contributed by atoms with Crippen molar-refractivity contribution in [3.05, 3.63) is 12.8 Å². The second-order valence-corrected chi connectivity index (χ2v) is 2.24. The maximum atomic E-state index is 9.08. The SMILES string of the molecule is C=COCCCC(O)CC. The molecule has 0 aliphatic heterocycles. The van der Waals surface area contributed by atoms with Crippen LogP contribution in [0.2, 0.25) is 0 Å². The number of aliphatic hydroxyl groups excluding tert-OH is 1. The fourth-order valence-corrected chi connectivity index (χ4v) is 0.690. The highest BCUT2D eigenvalue weighted by Crippen LogP contribution is 2.00. The summed E-state index contributed by atoms with van der Waals surface area (Å²) in [5, 5.41) is 9.08. The first kappa shape index (κ1) is 9.50. The lowest BCUT2D eigenvalue weighted by atomic mass is 10.2. The molecule has 0 radical (unpaired) electrons. The first-order valence-corrected chi connectivity index (χ1v) is 3.71. The molecule has 0 fully saturated rings. The average Bonchev–Trinajstić information content (AvgIpc) is 1.98. The predicted molar refractivity (Wildman–Crippen MR) is 41.7 cm³/mol. The van der Waals surface area contributed by atoms with Crippen LogP contribution in [0.25, 0.3) is 0 Å². The van der Waals surface area contributed by atoms with E-state index in [9.17, 15) is 0 Å². The molecule has 60 valence electrons. The number of aliphatic hydroxyl groups is 1. The molecule has 0 spiro atoms. The molecule has 1 unspecified atom stereocenters. The molecule has 0 aliphatic carbocycles. The van der Waals surface area contributed by atoms with Crippen molar-refractivity contribution in [1.82, 2.24) is 0 Å². The van der Waals surface area contributed by atoms with Gasteiger partial charge in [0.15, 0.2) is 0 Å². The zero-order valence-electron chi connectivity index (χ0n) is 6.55. The molecule has 0 heterocycles. The third kappa shape index (κ3) is 5.63. The van der Waals surface area contributed by atoms with Crippen LogP contribution in [0.3, 0.4) is 0 Å². The Morgan fingerprint density at radius 2 is 2.40 bits per heavy atom. The first-order valence-electron chi connectivity index (χ1n) is 3.71. The topological polar surface area (TPSA) is 29.5 Å². The van der Waals surface area contributed by atoms with Gasteiger partial charge in [0.25, 0.3) is 0 Å². The summed E-state index contributed by atoms with van der Waals surface area (Å²) in [6, 6.07) is 0. The molecule has 0 rings (SSSR count). The second kappa shape index (κ2) is 6.62. The van der Waals surface area contributed by atoms with Crippen molar-refractivity contribution >= 4 is 0 Å². The molecule has 10 heavy (non-hydrogen) atoms. The third-order valence-electron chi connectivity index (χ3n) is 1.39. The van der Waals surface area contributed by atoms with Gasteiger partial charge in [-0.15, -0.1) is 0 Å². The Kier molecular flexibility index (Phi) is 6.29. The molecule has 0 amide bonds. The largest absolute Gasteiger partial charge is 0.502 e. The number of ether oxygens (including phenoxy) is 1. The molecule has 0 aromatic heterocycles. The Balaban J connectivity index is 2.95. The highest BCUT2D eigenvalue weighted by atomic mass is 16.5. The van der Waals surface area contributed by atoms with Crippen LogP contribution in [0.5, 0.6) is 0 Å². The van der Waals surface area contributed by atoms with E-state index in [0.29, 0.717) is 6.61 Å². The molecule has 0 aromatic carbocycles. The van der Waals surface area contributed by atoms with Crippen molar-refractivity contribution in [2.45, 2.75) is 32.3 Å². The number of hydrogen-bond donors (Lipinski definition) is 1. The third-order valence-corrected chi connectivity index (χ3v) is 1.39. The van der Waals surface area contributed by atoms with E-state index in [-0.39, 0.29) is 6.10 Å². The Labute approximate surface area is 62.5 Å². The molecule has 2 heteroatoms. The monoisotopic (exact) mass is 144 g/mol. The minimum Gasteiger partial charge on any atom is -0.502 e. The lowest BCUT2D eigenvalue weighted by molar-refractivity contribution is 0.142. The quantitative estimate of drug-likeness (QED) is 0.454. The van der Waals surface area contributed by atoms with Crippen LogP contribution in [0.1, 0.15) is 26.2 Å². The van der Waals surface area contributed by atoms with Crippen LogP contribution >= 0.6 is 0 Å². The molecule has 0 saturated carbocycles. The average molecular weight is 144 g/mol. The lowest BCUT2D eigenvalue weighted by Gasteiger charge is -2.05. The highest BCUT2D eigenvalue weighted by molar-refractivity contribution is 4.53. The zero-order valence-corrected chi connectivity index (χ0v) is 6.55. The van der Waals surface area contributed by atoms with E-state index in [1.165, 1.54) is 6.26 Å². The molecule has 0 bridgehead atoms. The lowest BCUT2D eigenvalue weighted by Crippen LogP contribution is -2.05.